The second-order valence-electron chi connectivity index (χ2n) is 3.79. The number of halogens is 1. The highest BCUT2D eigenvalue weighted by Crippen LogP contribution is 2.19. The van der Waals surface area contributed by atoms with Crippen molar-refractivity contribution in [1.82, 2.24) is 0 Å². The molecule has 2 nitrogen and oxygen atoms in total. The van der Waals surface area contributed by atoms with Gasteiger partial charge in [0, 0.05) is 0 Å². The van der Waals surface area contributed by atoms with E-state index in [2.05, 4.69) is 13.8 Å². The predicted octanol–water partition coefficient (Wildman–Crippen LogP) is 3.45. The summed E-state index contributed by atoms with van der Waals surface area (Å²) in [5, 5.41) is 0. The minimum absolute atomic E-state index is 0.269. The van der Waals surface area contributed by atoms with Crippen molar-refractivity contribution in [2.45, 2.75) is 26.7 Å². The summed E-state index contributed by atoms with van der Waals surface area (Å²) in [7, 11) is 0. The van der Waals surface area contributed by atoms with Gasteiger partial charge in [-0.05, 0) is 24.1 Å². The van der Waals surface area contributed by atoms with Gasteiger partial charge in [-0.25, -0.2) is 4.39 Å². The topological polar surface area (TPSA) is 26.3 Å². The van der Waals surface area contributed by atoms with Gasteiger partial charge in [0.2, 0.25) is 0 Å². The normalized spacial score (nSPS) is 10.5. The summed E-state index contributed by atoms with van der Waals surface area (Å²) in [4.78, 5) is 10.7. The van der Waals surface area contributed by atoms with Crippen LogP contribution in [0.3, 0.4) is 0 Å². The number of hydrogen-bond donors (Lipinski definition) is 0. The highest BCUT2D eigenvalue weighted by molar-refractivity contribution is 5.79. The minimum Gasteiger partial charge on any atom is -0.493 e. The Morgan fingerprint density at radius 1 is 1.38 bits per heavy atom. The maximum Gasteiger partial charge on any atom is 0.153 e. The van der Waals surface area contributed by atoms with Crippen LogP contribution in [0.1, 0.15) is 37.0 Å². The average molecular weight is 224 g/mol. The Morgan fingerprint density at radius 3 is 2.62 bits per heavy atom. The molecule has 0 saturated heterocycles. The van der Waals surface area contributed by atoms with Gasteiger partial charge in [-0.2, -0.15) is 0 Å². The van der Waals surface area contributed by atoms with Crippen molar-refractivity contribution < 1.29 is 13.9 Å². The molecule has 0 fully saturated rings. The van der Waals surface area contributed by atoms with Crippen LogP contribution in [0.2, 0.25) is 0 Å². The molecular formula is C13H17FO2. The number of carbonyl (C=O) groups is 1. The highest BCUT2D eigenvalue weighted by Gasteiger charge is 2.08. The molecule has 3 heteroatoms. The molecule has 0 N–H and O–H groups in total. The zero-order valence-electron chi connectivity index (χ0n) is 9.70. The van der Waals surface area contributed by atoms with Crippen molar-refractivity contribution in [3.8, 4) is 5.75 Å². The number of aldehydes is 1. The van der Waals surface area contributed by atoms with Gasteiger partial charge < -0.3 is 4.74 Å². The second kappa shape index (κ2) is 6.26. The first-order valence-electron chi connectivity index (χ1n) is 5.58. The lowest BCUT2D eigenvalue weighted by molar-refractivity contribution is 0.111. The summed E-state index contributed by atoms with van der Waals surface area (Å²) < 4.78 is 18.4. The van der Waals surface area contributed by atoms with Crippen molar-refractivity contribution >= 4 is 6.29 Å². The molecule has 1 rings (SSSR count). The SMILES string of the molecule is CCC(CC)COc1ccc(F)cc1C=O. The predicted molar refractivity (Wildman–Crippen MR) is 61.4 cm³/mol. The molecule has 0 atom stereocenters. The third-order valence-corrected chi connectivity index (χ3v) is 2.73. The Labute approximate surface area is 95.4 Å². The lowest BCUT2D eigenvalue weighted by Crippen LogP contribution is -2.11. The van der Waals surface area contributed by atoms with E-state index >= 15 is 0 Å². The Hall–Kier alpha value is -1.38. The van der Waals surface area contributed by atoms with Gasteiger partial charge >= 0.3 is 0 Å². The fraction of sp³-hybridized carbons (Fsp3) is 0.462. The van der Waals surface area contributed by atoms with Crippen LogP contribution in [-0.4, -0.2) is 12.9 Å². The zero-order valence-corrected chi connectivity index (χ0v) is 9.70. The van der Waals surface area contributed by atoms with Gasteiger partial charge in [-0.1, -0.05) is 26.7 Å². The largest absolute Gasteiger partial charge is 0.493 e. The fourth-order valence-electron chi connectivity index (χ4n) is 1.47. The van der Waals surface area contributed by atoms with Crippen LogP contribution in [0.25, 0.3) is 0 Å². The van der Waals surface area contributed by atoms with Gasteiger partial charge in [0.25, 0.3) is 0 Å². The smallest absolute Gasteiger partial charge is 0.153 e. The molecule has 0 radical (unpaired) electrons. The number of benzene rings is 1. The molecular weight excluding hydrogens is 207 g/mol. The number of ether oxygens (including phenoxy) is 1. The molecule has 0 amide bonds. The van der Waals surface area contributed by atoms with Crippen LogP contribution in [-0.2, 0) is 0 Å². The van der Waals surface area contributed by atoms with E-state index < -0.39 is 5.82 Å². The van der Waals surface area contributed by atoms with Crippen LogP contribution in [0, 0.1) is 11.7 Å². The highest BCUT2D eigenvalue weighted by atomic mass is 19.1. The summed E-state index contributed by atoms with van der Waals surface area (Å²) in [6, 6.07) is 3.99. The van der Waals surface area contributed by atoms with Gasteiger partial charge in [0.15, 0.2) is 6.29 Å². The molecule has 0 spiro atoms. The monoisotopic (exact) mass is 224 g/mol. The van der Waals surface area contributed by atoms with Crippen LogP contribution in [0.4, 0.5) is 4.39 Å². The number of hydrogen-bond acceptors (Lipinski definition) is 2. The van der Waals surface area contributed by atoms with E-state index in [1.807, 2.05) is 0 Å². The molecule has 0 aliphatic carbocycles. The van der Waals surface area contributed by atoms with Crippen LogP contribution in [0.5, 0.6) is 5.75 Å². The molecule has 0 unspecified atom stereocenters. The summed E-state index contributed by atoms with van der Waals surface area (Å²) in [6.45, 7) is 4.77. The second-order valence-corrected chi connectivity index (χ2v) is 3.79. The van der Waals surface area contributed by atoms with E-state index in [1.165, 1.54) is 18.2 Å². The van der Waals surface area contributed by atoms with Crippen molar-refractivity contribution in [3.63, 3.8) is 0 Å². The van der Waals surface area contributed by atoms with Crippen molar-refractivity contribution in [3.05, 3.63) is 29.6 Å². The van der Waals surface area contributed by atoms with Crippen LogP contribution >= 0.6 is 0 Å². The van der Waals surface area contributed by atoms with Crippen LogP contribution in [0.15, 0.2) is 18.2 Å². The maximum atomic E-state index is 12.9. The molecule has 0 heterocycles. The van der Waals surface area contributed by atoms with Gasteiger partial charge in [0.05, 0.1) is 12.2 Å². The van der Waals surface area contributed by atoms with Crippen molar-refractivity contribution in [1.29, 1.82) is 0 Å². The Kier molecular flexibility index (Phi) is 4.96. The third kappa shape index (κ3) is 3.33. The first-order chi connectivity index (χ1) is 7.71. The minimum atomic E-state index is -0.419. The molecule has 88 valence electrons. The molecule has 0 bridgehead atoms. The number of carbonyl (C=O) groups excluding carboxylic acids is 1. The third-order valence-electron chi connectivity index (χ3n) is 2.73. The summed E-state index contributed by atoms with van der Waals surface area (Å²) in [6.07, 6.45) is 2.69. The lowest BCUT2D eigenvalue weighted by atomic mass is 10.1. The average Bonchev–Trinajstić information content (AvgIpc) is 2.31. The molecule has 16 heavy (non-hydrogen) atoms. The fourth-order valence-corrected chi connectivity index (χ4v) is 1.47. The van der Waals surface area contributed by atoms with Crippen LogP contribution < -0.4 is 4.74 Å². The Balaban J connectivity index is 2.69. The standard InChI is InChI=1S/C13H17FO2/c1-3-10(4-2)9-16-13-6-5-12(14)7-11(13)8-15/h5-8,10H,3-4,9H2,1-2H3. The van der Waals surface area contributed by atoms with Crippen molar-refractivity contribution in [2.75, 3.05) is 6.61 Å². The Morgan fingerprint density at radius 2 is 2.06 bits per heavy atom. The summed E-state index contributed by atoms with van der Waals surface area (Å²) in [5.74, 6) is 0.518. The molecule has 0 aliphatic rings. The van der Waals surface area contributed by atoms with E-state index in [0.29, 0.717) is 24.6 Å². The summed E-state index contributed by atoms with van der Waals surface area (Å²) in [5.41, 5.74) is 0.269. The first kappa shape index (κ1) is 12.7. The first-order valence-corrected chi connectivity index (χ1v) is 5.58. The molecule has 0 saturated carbocycles. The zero-order chi connectivity index (χ0) is 12.0. The van der Waals surface area contributed by atoms with Gasteiger partial charge in [-0.3, -0.25) is 4.79 Å². The molecule has 0 aliphatic heterocycles. The van der Waals surface area contributed by atoms with E-state index in [4.69, 9.17) is 4.74 Å². The van der Waals surface area contributed by atoms with Gasteiger partial charge in [-0.15, -0.1) is 0 Å². The van der Waals surface area contributed by atoms with E-state index in [0.717, 1.165) is 12.8 Å². The summed E-state index contributed by atoms with van der Waals surface area (Å²) >= 11 is 0. The van der Waals surface area contributed by atoms with E-state index in [-0.39, 0.29) is 5.56 Å². The quantitative estimate of drug-likeness (QED) is 0.692. The lowest BCUT2D eigenvalue weighted by Gasteiger charge is -2.14. The molecule has 0 aromatic heterocycles. The molecule has 1 aromatic rings. The number of rotatable bonds is 6. The molecule has 1 aromatic carbocycles. The van der Waals surface area contributed by atoms with E-state index in [9.17, 15) is 9.18 Å². The van der Waals surface area contributed by atoms with E-state index in [1.54, 1.807) is 0 Å². The van der Waals surface area contributed by atoms with Crippen molar-refractivity contribution in [2.24, 2.45) is 5.92 Å². The maximum absolute atomic E-state index is 12.9. The van der Waals surface area contributed by atoms with Gasteiger partial charge in [0.1, 0.15) is 11.6 Å². The Bertz CT molecular complexity index is 346.